The molecule has 0 atom stereocenters. The molecule has 128 valence electrons. The Morgan fingerprint density at radius 1 is 1.25 bits per heavy atom. The van der Waals surface area contributed by atoms with Gasteiger partial charge in [0.2, 0.25) is 0 Å². The molecule has 1 aromatic carbocycles. The number of allylic oxidation sites excluding steroid dienone is 1. The number of hydrogen-bond acceptors (Lipinski definition) is 6. The molecule has 0 saturated carbocycles. The van der Waals surface area contributed by atoms with Gasteiger partial charge in [-0.25, -0.2) is 4.79 Å². The maximum Gasteiger partial charge on any atom is 0.383 e. The number of esters is 1. The number of carbonyl (C=O) groups is 1. The topological polar surface area (TPSA) is 75.0 Å². The van der Waals surface area contributed by atoms with E-state index in [1.165, 1.54) is 14.0 Å². The van der Waals surface area contributed by atoms with Crippen LogP contribution in [0.2, 0.25) is 0 Å². The van der Waals surface area contributed by atoms with Crippen molar-refractivity contribution in [1.29, 1.82) is 0 Å². The minimum Gasteiger partial charge on any atom is -0.496 e. The molecule has 2 aromatic rings. The summed E-state index contributed by atoms with van der Waals surface area (Å²) in [7, 11) is 1.50. The SMILES string of the molecule is CC/C=C/CCOc1c(OC(C)=O)c(=O)oc2cccc(OC)c12. The van der Waals surface area contributed by atoms with E-state index in [-0.39, 0.29) is 11.5 Å². The summed E-state index contributed by atoms with van der Waals surface area (Å²) in [5, 5.41) is 0.454. The van der Waals surface area contributed by atoms with E-state index in [2.05, 4.69) is 0 Å². The van der Waals surface area contributed by atoms with Crippen LogP contribution in [0.15, 0.2) is 39.6 Å². The summed E-state index contributed by atoms with van der Waals surface area (Å²) in [5.41, 5.74) is -0.473. The van der Waals surface area contributed by atoms with E-state index in [0.29, 0.717) is 29.7 Å². The zero-order chi connectivity index (χ0) is 17.5. The normalized spacial score (nSPS) is 11.0. The van der Waals surface area contributed by atoms with Crippen LogP contribution < -0.4 is 19.8 Å². The fourth-order valence-corrected chi connectivity index (χ4v) is 2.23. The Morgan fingerprint density at radius 2 is 2.04 bits per heavy atom. The standard InChI is InChI=1S/C18H20O6/c1-4-5-6-7-11-22-16-15-13(21-3)9-8-10-14(15)24-18(20)17(16)23-12(2)19/h5-6,8-10H,4,7,11H2,1-3H3/b6-5+. The largest absolute Gasteiger partial charge is 0.496 e. The molecule has 6 heteroatoms. The highest BCUT2D eigenvalue weighted by Crippen LogP contribution is 2.38. The number of hydrogen-bond donors (Lipinski definition) is 0. The van der Waals surface area contributed by atoms with Crippen molar-refractivity contribution in [3.63, 3.8) is 0 Å². The molecule has 1 aromatic heterocycles. The molecule has 24 heavy (non-hydrogen) atoms. The maximum absolute atomic E-state index is 12.1. The molecule has 0 saturated heterocycles. The van der Waals surface area contributed by atoms with Gasteiger partial charge in [0.15, 0.2) is 5.75 Å². The van der Waals surface area contributed by atoms with E-state index in [4.69, 9.17) is 18.6 Å². The lowest BCUT2D eigenvalue weighted by molar-refractivity contribution is -0.132. The molecule has 0 aliphatic heterocycles. The quantitative estimate of drug-likeness (QED) is 0.334. The maximum atomic E-state index is 12.1. The predicted molar refractivity (Wildman–Crippen MR) is 89.9 cm³/mol. The zero-order valence-electron chi connectivity index (χ0n) is 14.0. The molecule has 0 aliphatic rings. The van der Waals surface area contributed by atoms with Gasteiger partial charge in [-0.05, 0) is 25.0 Å². The Kier molecular flexibility index (Phi) is 6.01. The summed E-state index contributed by atoms with van der Waals surface area (Å²) in [6.45, 7) is 3.57. The minimum absolute atomic E-state index is 0.152. The second-order valence-corrected chi connectivity index (χ2v) is 4.99. The molecular weight excluding hydrogens is 312 g/mol. The summed E-state index contributed by atoms with van der Waals surface area (Å²) in [6, 6.07) is 5.04. The van der Waals surface area contributed by atoms with Crippen LogP contribution in [-0.4, -0.2) is 19.7 Å². The fourth-order valence-electron chi connectivity index (χ4n) is 2.23. The monoisotopic (exact) mass is 332 g/mol. The van der Waals surface area contributed by atoms with E-state index in [1.54, 1.807) is 18.2 Å². The number of methoxy groups -OCH3 is 1. The van der Waals surface area contributed by atoms with Crippen LogP contribution in [0.5, 0.6) is 17.2 Å². The van der Waals surface area contributed by atoms with Crippen LogP contribution in [0, 0.1) is 0 Å². The third kappa shape index (κ3) is 3.95. The van der Waals surface area contributed by atoms with Gasteiger partial charge in [0.1, 0.15) is 16.7 Å². The van der Waals surface area contributed by atoms with Gasteiger partial charge in [-0.15, -0.1) is 0 Å². The average molecular weight is 332 g/mol. The number of ether oxygens (including phenoxy) is 3. The molecule has 0 spiro atoms. The summed E-state index contributed by atoms with van der Waals surface area (Å²) < 4.78 is 21.3. The predicted octanol–water partition coefficient (Wildman–Crippen LogP) is 3.46. The van der Waals surface area contributed by atoms with Crippen molar-refractivity contribution >= 4 is 16.9 Å². The van der Waals surface area contributed by atoms with Crippen LogP contribution in [0.1, 0.15) is 26.7 Å². The highest BCUT2D eigenvalue weighted by atomic mass is 16.6. The van der Waals surface area contributed by atoms with Crippen LogP contribution in [0.4, 0.5) is 0 Å². The Balaban J connectivity index is 2.53. The first kappa shape index (κ1) is 17.6. The van der Waals surface area contributed by atoms with Crippen LogP contribution in [0.3, 0.4) is 0 Å². The molecule has 0 fully saturated rings. The number of benzene rings is 1. The van der Waals surface area contributed by atoms with E-state index in [0.717, 1.165) is 6.42 Å². The first-order valence-electron chi connectivity index (χ1n) is 7.68. The van der Waals surface area contributed by atoms with Crippen LogP contribution >= 0.6 is 0 Å². The number of carbonyl (C=O) groups excluding carboxylic acids is 1. The smallest absolute Gasteiger partial charge is 0.383 e. The van der Waals surface area contributed by atoms with E-state index in [9.17, 15) is 9.59 Å². The molecule has 0 bridgehead atoms. The fraction of sp³-hybridized carbons (Fsp3) is 0.333. The number of rotatable bonds is 7. The van der Waals surface area contributed by atoms with Crippen LogP contribution in [-0.2, 0) is 4.79 Å². The lowest BCUT2D eigenvalue weighted by Crippen LogP contribution is -2.14. The highest BCUT2D eigenvalue weighted by Gasteiger charge is 2.22. The molecule has 2 rings (SSSR count). The molecular formula is C18H20O6. The van der Waals surface area contributed by atoms with E-state index < -0.39 is 11.6 Å². The van der Waals surface area contributed by atoms with Crippen molar-refractivity contribution in [2.75, 3.05) is 13.7 Å². The molecule has 0 radical (unpaired) electrons. The van der Waals surface area contributed by atoms with E-state index >= 15 is 0 Å². The van der Waals surface area contributed by atoms with Gasteiger partial charge in [0.25, 0.3) is 5.75 Å². The summed E-state index contributed by atoms with van der Waals surface area (Å²) in [4.78, 5) is 23.5. The lowest BCUT2D eigenvalue weighted by Gasteiger charge is -2.13. The molecule has 6 nitrogen and oxygen atoms in total. The molecule has 0 unspecified atom stereocenters. The Morgan fingerprint density at radius 3 is 2.71 bits per heavy atom. The Hall–Kier alpha value is -2.76. The summed E-state index contributed by atoms with van der Waals surface area (Å²) in [6.07, 6.45) is 5.60. The van der Waals surface area contributed by atoms with Crippen molar-refractivity contribution in [3.05, 3.63) is 40.8 Å². The van der Waals surface area contributed by atoms with Gasteiger partial charge in [-0.2, -0.15) is 0 Å². The lowest BCUT2D eigenvalue weighted by atomic mass is 10.2. The second-order valence-electron chi connectivity index (χ2n) is 4.99. The first-order chi connectivity index (χ1) is 11.6. The van der Waals surface area contributed by atoms with Crippen molar-refractivity contribution < 1.29 is 23.4 Å². The molecule has 0 amide bonds. The Bertz CT molecular complexity index is 803. The van der Waals surface area contributed by atoms with Gasteiger partial charge in [0.05, 0.1) is 13.7 Å². The third-order valence-electron chi connectivity index (χ3n) is 3.21. The summed E-state index contributed by atoms with van der Waals surface area (Å²) in [5.74, 6) is -0.284. The van der Waals surface area contributed by atoms with Gasteiger partial charge in [-0.3, -0.25) is 4.79 Å². The zero-order valence-corrected chi connectivity index (χ0v) is 14.0. The molecule has 0 aliphatic carbocycles. The average Bonchev–Trinajstić information content (AvgIpc) is 2.56. The van der Waals surface area contributed by atoms with Gasteiger partial charge in [-0.1, -0.05) is 25.1 Å². The first-order valence-corrected chi connectivity index (χ1v) is 7.68. The van der Waals surface area contributed by atoms with Crippen molar-refractivity contribution in [2.24, 2.45) is 0 Å². The second kappa shape index (κ2) is 8.19. The number of fused-ring (bicyclic) bond motifs is 1. The van der Waals surface area contributed by atoms with Gasteiger partial charge >= 0.3 is 11.6 Å². The summed E-state index contributed by atoms with van der Waals surface area (Å²) >= 11 is 0. The molecule has 1 heterocycles. The van der Waals surface area contributed by atoms with Gasteiger partial charge < -0.3 is 18.6 Å². The van der Waals surface area contributed by atoms with Crippen molar-refractivity contribution in [3.8, 4) is 17.2 Å². The van der Waals surface area contributed by atoms with Gasteiger partial charge in [0, 0.05) is 6.92 Å². The Labute approximate surface area is 139 Å². The minimum atomic E-state index is -0.773. The van der Waals surface area contributed by atoms with Crippen molar-refractivity contribution in [1.82, 2.24) is 0 Å². The van der Waals surface area contributed by atoms with E-state index in [1.807, 2.05) is 19.1 Å². The van der Waals surface area contributed by atoms with Crippen LogP contribution in [0.25, 0.3) is 11.0 Å². The molecule has 0 N–H and O–H groups in total. The van der Waals surface area contributed by atoms with Crippen molar-refractivity contribution in [2.45, 2.75) is 26.7 Å². The highest BCUT2D eigenvalue weighted by molar-refractivity contribution is 5.92. The third-order valence-corrected chi connectivity index (χ3v) is 3.21.